The molecule has 0 saturated carbocycles. The number of aromatic nitrogens is 2. The van der Waals surface area contributed by atoms with Gasteiger partial charge in [-0.05, 0) is 13.3 Å². The summed E-state index contributed by atoms with van der Waals surface area (Å²) in [7, 11) is 0. The monoisotopic (exact) mass is 308 g/mol. The maximum absolute atomic E-state index is 12.5. The van der Waals surface area contributed by atoms with Crippen LogP contribution in [0.25, 0.3) is 0 Å². The van der Waals surface area contributed by atoms with E-state index in [1.54, 1.807) is 6.92 Å². The van der Waals surface area contributed by atoms with Crippen molar-refractivity contribution in [3.05, 3.63) is 22.4 Å². The molecule has 22 heavy (non-hydrogen) atoms. The summed E-state index contributed by atoms with van der Waals surface area (Å²) in [5.41, 5.74) is -1.14. The molecule has 1 aromatic rings. The molecule has 0 aliphatic carbocycles. The smallest absolute Gasteiger partial charge is 0.326 e. The Labute approximate surface area is 127 Å². The zero-order valence-electron chi connectivity index (χ0n) is 12.8. The molecule has 1 aromatic heterocycles. The minimum atomic E-state index is -1.12. The maximum Gasteiger partial charge on any atom is 0.326 e. The minimum Gasteiger partial charge on any atom is -0.480 e. The number of carboxylic acids is 1. The first kappa shape index (κ1) is 16.0. The van der Waals surface area contributed by atoms with E-state index < -0.39 is 23.1 Å². The predicted molar refractivity (Wildman–Crippen MR) is 79.7 cm³/mol. The van der Waals surface area contributed by atoms with Crippen molar-refractivity contribution in [1.29, 1.82) is 0 Å². The summed E-state index contributed by atoms with van der Waals surface area (Å²) in [4.78, 5) is 39.7. The van der Waals surface area contributed by atoms with Crippen LogP contribution in [-0.2, 0) is 15.1 Å². The highest BCUT2D eigenvalue weighted by molar-refractivity contribution is 5.76. The number of nitrogens with zero attached hydrogens (tertiary/aromatic N) is 2. The molecule has 0 unspecified atom stereocenters. The first-order valence-corrected chi connectivity index (χ1v) is 7.17. The Bertz CT molecular complexity index is 669. The van der Waals surface area contributed by atoms with Gasteiger partial charge in [-0.3, -0.25) is 14.2 Å². The third-order valence-electron chi connectivity index (χ3n) is 3.70. The molecule has 0 radical (unpaired) electrons. The third kappa shape index (κ3) is 2.68. The SMILES string of the molecule is CCCNc1cnc2n(c1=O)[C@H](C(=O)O)C[C@@]2(C)NC(C)=O. The molecule has 2 rings (SSSR count). The third-order valence-corrected chi connectivity index (χ3v) is 3.70. The summed E-state index contributed by atoms with van der Waals surface area (Å²) in [6.45, 7) is 5.57. The fraction of sp³-hybridized carbons (Fsp3) is 0.571. The second kappa shape index (κ2) is 5.78. The molecule has 8 nitrogen and oxygen atoms in total. The number of rotatable bonds is 5. The number of fused-ring (bicyclic) bond motifs is 1. The maximum atomic E-state index is 12.5. The average molecular weight is 308 g/mol. The first-order chi connectivity index (χ1) is 10.3. The highest BCUT2D eigenvalue weighted by Gasteiger charge is 2.46. The zero-order valence-corrected chi connectivity index (χ0v) is 12.8. The molecule has 0 spiro atoms. The second-order valence-electron chi connectivity index (χ2n) is 5.67. The van der Waals surface area contributed by atoms with Crippen LogP contribution in [0.2, 0.25) is 0 Å². The van der Waals surface area contributed by atoms with Gasteiger partial charge in [-0.2, -0.15) is 0 Å². The van der Waals surface area contributed by atoms with E-state index in [0.717, 1.165) is 11.0 Å². The standard InChI is InChI=1S/C14H20N4O4/c1-4-5-15-9-7-16-13-14(3,17-8(2)19)6-10(12(21)22)18(13)11(9)20/h7,10,15H,4-6H2,1-3H3,(H,17,19)(H,21,22)/t10-,14+/m0/s1. The van der Waals surface area contributed by atoms with Crippen molar-refractivity contribution >= 4 is 17.6 Å². The fourth-order valence-electron chi connectivity index (χ4n) is 2.81. The molecule has 0 fully saturated rings. The van der Waals surface area contributed by atoms with Crippen LogP contribution in [0.3, 0.4) is 0 Å². The van der Waals surface area contributed by atoms with Gasteiger partial charge in [-0.1, -0.05) is 6.92 Å². The lowest BCUT2D eigenvalue weighted by Gasteiger charge is -2.24. The van der Waals surface area contributed by atoms with Gasteiger partial charge in [-0.15, -0.1) is 0 Å². The number of carbonyl (C=O) groups is 2. The van der Waals surface area contributed by atoms with Gasteiger partial charge < -0.3 is 15.7 Å². The molecule has 0 saturated heterocycles. The quantitative estimate of drug-likeness (QED) is 0.727. The van der Waals surface area contributed by atoms with Crippen molar-refractivity contribution in [2.45, 2.75) is 45.2 Å². The summed E-state index contributed by atoms with van der Waals surface area (Å²) in [6.07, 6.45) is 2.31. The first-order valence-electron chi connectivity index (χ1n) is 7.17. The molecule has 8 heteroatoms. The van der Waals surface area contributed by atoms with Gasteiger partial charge in [0.05, 0.1) is 11.7 Å². The molecular weight excluding hydrogens is 288 g/mol. The van der Waals surface area contributed by atoms with Gasteiger partial charge in [0.1, 0.15) is 17.6 Å². The molecule has 0 aromatic carbocycles. The molecule has 1 amide bonds. The van der Waals surface area contributed by atoms with Gasteiger partial charge in [0.2, 0.25) is 5.91 Å². The van der Waals surface area contributed by atoms with Crippen LogP contribution in [0.4, 0.5) is 5.69 Å². The van der Waals surface area contributed by atoms with Gasteiger partial charge in [-0.25, -0.2) is 9.78 Å². The van der Waals surface area contributed by atoms with E-state index in [1.165, 1.54) is 13.1 Å². The number of anilines is 1. The van der Waals surface area contributed by atoms with Crippen molar-refractivity contribution < 1.29 is 14.7 Å². The van der Waals surface area contributed by atoms with Crippen LogP contribution in [0.5, 0.6) is 0 Å². The highest BCUT2D eigenvalue weighted by atomic mass is 16.4. The van der Waals surface area contributed by atoms with Crippen LogP contribution >= 0.6 is 0 Å². The number of carboxylic acid groups (broad SMARTS) is 1. The molecular formula is C14H20N4O4. The Balaban J connectivity index is 2.55. The lowest BCUT2D eigenvalue weighted by Crippen LogP contribution is -2.42. The lowest BCUT2D eigenvalue weighted by atomic mass is 9.96. The van der Waals surface area contributed by atoms with Crippen LogP contribution in [0, 0.1) is 0 Å². The number of aliphatic carboxylic acids is 1. The van der Waals surface area contributed by atoms with E-state index in [2.05, 4.69) is 15.6 Å². The van der Waals surface area contributed by atoms with Gasteiger partial charge in [0.15, 0.2) is 0 Å². The van der Waals surface area contributed by atoms with Gasteiger partial charge in [0.25, 0.3) is 5.56 Å². The Hall–Kier alpha value is -2.38. The van der Waals surface area contributed by atoms with E-state index in [1.807, 2.05) is 6.92 Å². The molecule has 2 heterocycles. The number of hydrogen-bond acceptors (Lipinski definition) is 5. The Morgan fingerprint density at radius 3 is 2.77 bits per heavy atom. The Morgan fingerprint density at radius 2 is 2.23 bits per heavy atom. The Kier molecular flexibility index (Phi) is 4.20. The predicted octanol–water partition coefficient (Wildman–Crippen LogP) is 0.446. The van der Waals surface area contributed by atoms with Crippen molar-refractivity contribution in [3.63, 3.8) is 0 Å². The molecule has 2 atom stereocenters. The van der Waals surface area contributed by atoms with E-state index in [0.29, 0.717) is 6.54 Å². The van der Waals surface area contributed by atoms with Crippen LogP contribution in [-0.4, -0.2) is 33.1 Å². The van der Waals surface area contributed by atoms with E-state index in [9.17, 15) is 19.5 Å². The molecule has 120 valence electrons. The molecule has 1 aliphatic rings. The van der Waals surface area contributed by atoms with Crippen LogP contribution < -0.4 is 16.2 Å². The van der Waals surface area contributed by atoms with Crippen molar-refractivity contribution in [2.24, 2.45) is 0 Å². The fourth-order valence-corrected chi connectivity index (χ4v) is 2.81. The number of hydrogen-bond donors (Lipinski definition) is 3. The van der Waals surface area contributed by atoms with Crippen molar-refractivity contribution in [2.75, 3.05) is 11.9 Å². The summed E-state index contributed by atoms with van der Waals surface area (Å²) in [5, 5.41) is 15.0. The summed E-state index contributed by atoms with van der Waals surface area (Å²) in [6, 6.07) is -1.05. The largest absolute Gasteiger partial charge is 0.480 e. The Morgan fingerprint density at radius 1 is 1.55 bits per heavy atom. The summed E-state index contributed by atoms with van der Waals surface area (Å²) < 4.78 is 1.16. The van der Waals surface area contributed by atoms with Gasteiger partial charge in [0, 0.05) is 19.9 Å². The lowest BCUT2D eigenvalue weighted by molar-refractivity contribution is -0.141. The topological polar surface area (TPSA) is 113 Å². The van der Waals surface area contributed by atoms with E-state index in [4.69, 9.17) is 0 Å². The molecule has 0 bridgehead atoms. The van der Waals surface area contributed by atoms with Crippen molar-refractivity contribution in [1.82, 2.24) is 14.9 Å². The minimum absolute atomic E-state index is 0.0847. The zero-order chi connectivity index (χ0) is 16.5. The molecule has 3 N–H and O–H groups in total. The van der Waals surface area contributed by atoms with Gasteiger partial charge >= 0.3 is 5.97 Å². The second-order valence-corrected chi connectivity index (χ2v) is 5.67. The highest BCUT2D eigenvalue weighted by Crippen LogP contribution is 2.37. The normalized spacial score (nSPS) is 23.0. The summed E-state index contributed by atoms with van der Waals surface area (Å²) >= 11 is 0. The molecule has 1 aliphatic heterocycles. The summed E-state index contributed by atoms with van der Waals surface area (Å²) in [5.74, 6) is -1.16. The average Bonchev–Trinajstić information content (AvgIpc) is 2.71. The van der Waals surface area contributed by atoms with E-state index in [-0.39, 0.29) is 23.8 Å². The van der Waals surface area contributed by atoms with Crippen LogP contribution in [0.1, 0.15) is 45.5 Å². The van der Waals surface area contributed by atoms with E-state index >= 15 is 0 Å². The number of nitrogens with one attached hydrogen (secondary N) is 2. The van der Waals surface area contributed by atoms with Crippen molar-refractivity contribution in [3.8, 4) is 0 Å². The number of amides is 1. The number of carbonyl (C=O) groups excluding carboxylic acids is 1. The van der Waals surface area contributed by atoms with Crippen LogP contribution in [0.15, 0.2) is 11.0 Å².